The number of aromatic amines is 1. The summed E-state index contributed by atoms with van der Waals surface area (Å²) >= 11 is 0. The molecule has 0 amide bonds. The largest absolute Gasteiger partial charge is 0.336 e. The van der Waals surface area contributed by atoms with Gasteiger partial charge in [-0.1, -0.05) is 32.0 Å². The zero-order chi connectivity index (χ0) is 18.5. The van der Waals surface area contributed by atoms with E-state index in [4.69, 9.17) is 1.37 Å². The molecule has 1 aliphatic rings. The van der Waals surface area contributed by atoms with Gasteiger partial charge in [0.05, 0.1) is 28.8 Å². The van der Waals surface area contributed by atoms with E-state index < -0.39 is 17.5 Å². The molecule has 25 heavy (non-hydrogen) atoms. The standard InChI is InChI=1S/C19H16F2N4/c1-10(2)11-6-7-12-15(8-11)23-19(24-16-9-22-25-18(12)16)17-13(20)4-3-5-14(17)21/h3-10H,1-2H3,(H,22,25)(H,23,24)/i10D. The second kappa shape index (κ2) is 5.81. The van der Waals surface area contributed by atoms with Crippen LogP contribution in [0, 0.1) is 11.6 Å². The summed E-state index contributed by atoms with van der Waals surface area (Å²) in [5, 5.41) is 9.89. The number of anilines is 1. The molecule has 0 unspecified atom stereocenters. The first-order valence-corrected chi connectivity index (χ1v) is 7.83. The molecule has 3 aromatic rings. The molecule has 0 spiro atoms. The van der Waals surface area contributed by atoms with Crippen LogP contribution in [0.5, 0.6) is 0 Å². The van der Waals surface area contributed by atoms with Gasteiger partial charge >= 0.3 is 0 Å². The highest BCUT2D eigenvalue weighted by Crippen LogP contribution is 2.38. The van der Waals surface area contributed by atoms with Gasteiger partial charge in [-0.15, -0.1) is 0 Å². The fourth-order valence-electron chi connectivity index (χ4n) is 2.85. The van der Waals surface area contributed by atoms with Crippen LogP contribution in [0.15, 0.2) is 47.6 Å². The minimum Gasteiger partial charge on any atom is -0.336 e. The van der Waals surface area contributed by atoms with Gasteiger partial charge in [0.2, 0.25) is 0 Å². The number of aromatic nitrogens is 2. The highest BCUT2D eigenvalue weighted by molar-refractivity contribution is 6.13. The first-order chi connectivity index (χ1) is 12.3. The van der Waals surface area contributed by atoms with E-state index in [2.05, 4.69) is 20.5 Å². The van der Waals surface area contributed by atoms with Crippen molar-refractivity contribution in [3.63, 3.8) is 0 Å². The van der Waals surface area contributed by atoms with Crippen LogP contribution in [-0.2, 0) is 0 Å². The molecule has 0 saturated heterocycles. The van der Waals surface area contributed by atoms with Crippen molar-refractivity contribution >= 4 is 17.2 Å². The number of hydrogen-bond acceptors (Lipinski definition) is 3. The summed E-state index contributed by atoms with van der Waals surface area (Å²) in [6.45, 7) is 3.54. The molecule has 0 aliphatic carbocycles. The van der Waals surface area contributed by atoms with Crippen molar-refractivity contribution in [3.8, 4) is 11.3 Å². The second-order valence-electron chi connectivity index (χ2n) is 6.07. The Morgan fingerprint density at radius 2 is 1.88 bits per heavy atom. The topological polar surface area (TPSA) is 53.1 Å². The minimum absolute atomic E-state index is 0.0573. The van der Waals surface area contributed by atoms with E-state index in [1.165, 1.54) is 18.2 Å². The number of aliphatic imine (C=N–C) groups is 1. The van der Waals surface area contributed by atoms with Crippen LogP contribution < -0.4 is 5.32 Å². The molecule has 4 nitrogen and oxygen atoms in total. The lowest BCUT2D eigenvalue weighted by Crippen LogP contribution is -2.16. The molecule has 4 rings (SSSR count). The zero-order valence-electron chi connectivity index (χ0n) is 14.7. The number of nitrogens with zero attached hydrogens (tertiary/aromatic N) is 2. The van der Waals surface area contributed by atoms with Crippen molar-refractivity contribution in [2.75, 3.05) is 5.32 Å². The van der Waals surface area contributed by atoms with Gasteiger partial charge in [0.15, 0.2) is 0 Å². The third-order valence-electron chi connectivity index (χ3n) is 4.17. The first kappa shape index (κ1) is 14.3. The number of nitrogens with one attached hydrogen (secondary N) is 2. The lowest BCUT2D eigenvalue weighted by Gasteiger charge is -2.10. The molecule has 1 aromatic heterocycles. The van der Waals surface area contributed by atoms with Gasteiger partial charge in [0.25, 0.3) is 0 Å². The third-order valence-corrected chi connectivity index (χ3v) is 4.17. The summed E-state index contributed by atoms with van der Waals surface area (Å²) in [6.07, 6.45) is 1.54. The highest BCUT2D eigenvalue weighted by atomic mass is 19.1. The van der Waals surface area contributed by atoms with E-state index in [0.29, 0.717) is 17.1 Å². The van der Waals surface area contributed by atoms with Crippen LogP contribution in [0.25, 0.3) is 11.3 Å². The van der Waals surface area contributed by atoms with Crippen molar-refractivity contribution < 1.29 is 10.2 Å². The van der Waals surface area contributed by atoms with Gasteiger partial charge in [0, 0.05) is 6.93 Å². The van der Waals surface area contributed by atoms with Crippen molar-refractivity contribution in [2.45, 2.75) is 19.7 Å². The van der Waals surface area contributed by atoms with E-state index in [0.717, 1.165) is 11.1 Å². The van der Waals surface area contributed by atoms with Crippen molar-refractivity contribution in [3.05, 3.63) is 65.4 Å². The normalized spacial score (nSPS) is 13.9. The second-order valence-corrected chi connectivity index (χ2v) is 6.07. The number of amidine groups is 1. The Kier molecular flexibility index (Phi) is 3.33. The molecule has 0 bridgehead atoms. The van der Waals surface area contributed by atoms with Crippen LogP contribution in [0.2, 0.25) is 0 Å². The van der Waals surface area contributed by atoms with E-state index in [9.17, 15) is 8.78 Å². The molecule has 2 N–H and O–H groups in total. The molecule has 2 heterocycles. The van der Waals surface area contributed by atoms with Gasteiger partial charge in [-0.05, 0) is 29.7 Å². The highest BCUT2D eigenvalue weighted by Gasteiger charge is 2.23. The molecule has 126 valence electrons. The van der Waals surface area contributed by atoms with Gasteiger partial charge in [-0.25, -0.2) is 13.8 Å². The van der Waals surface area contributed by atoms with Crippen molar-refractivity contribution in [1.82, 2.24) is 10.2 Å². The van der Waals surface area contributed by atoms with Crippen molar-refractivity contribution in [1.29, 1.82) is 0 Å². The maximum absolute atomic E-state index is 14.3. The Morgan fingerprint density at radius 1 is 1.12 bits per heavy atom. The van der Waals surface area contributed by atoms with E-state index in [1.807, 2.05) is 12.1 Å². The van der Waals surface area contributed by atoms with E-state index in [1.54, 1.807) is 26.1 Å². The average molecular weight is 339 g/mol. The predicted octanol–water partition coefficient (Wildman–Crippen LogP) is 4.98. The van der Waals surface area contributed by atoms with E-state index in [-0.39, 0.29) is 11.4 Å². The quantitative estimate of drug-likeness (QED) is 0.692. The van der Waals surface area contributed by atoms with Crippen LogP contribution in [-0.4, -0.2) is 16.0 Å². The molecule has 2 aromatic carbocycles. The molecular weight excluding hydrogens is 322 g/mol. The number of H-pyrrole nitrogens is 1. The number of rotatable bonds is 2. The summed E-state index contributed by atoms with van der Waals surface area (Å²) in [6, 6.07) is 9.13. The Morgan fingerprint density at radius 3 is 2.60 bits per heavy atom. The summed E-state index contributed by atoms with van der Waals surface area (Å²) in [5.74, 6) is -2.18. The molecule has 0 radical (unpaired) electrons. The summed E-state index contributed by atoms with van der Waals surface area (Å²) in [7, 11) is 0. The lowest BCUT2D eigenvalue weighted by molar-refractivity contribution is 0.579. The first-order valence-electron chi connectivity index (χ1n) is 8.33. The summed E-state index contributed by atoms with van der Waals surface area (Å²) in [5.41, 5.74) is 3.01. The Labute approximate surface area is 145 Å². The van der Waals surface area contributed by atoms with Crippen LogP contribution in [0.1, 0.15) is 32.2 Å². The molecular formula is C19H16F2N4. The predicted molar refractivity (Wildman–Crippen MR) is 94.3 cm³/mol. The van der Waals surface area contributed by atoms with Gasteiger partial charge in [-0.2, -0.15) is 5.10 Å². The number of fused-ring (bicyclic) bond motifs is 3. The molecule has 0 atom stereocenters. The van der Waals surface area contributed by atoms with Gasteiger partial charge in [-0.3, -0.25) is 5.10 Å². The number of benzene rings is 2. The monoisotopic (exact) mass is 339 g/mol. The zero-order valence-corrected chi connectivity index (χ0v) is 13.7. The van der Waals surface area contributed by atoms with Gasteiger partial charge < -0.3 is 5.32 Å². The Balaban J connectivity index is 1.98. The Hall–Kier alpha value is -3.02. The number of hydrogen-bond donors (Lipinski definition) is 2. The molecule has 6 heteroatoms. The van der Waals surface area contributed by atoms with Crippen LogP contribution in [0.4, 0.5) is 20.2 Å². The average Bonchev–Trinajstić information content (AvgIpc) is 2.96. The smallest absolute Gasteiger partial charge is 0.144 e. The third kappa shape index (κ3) is 2.59. The fourth-order valence-corrected chi connectivity index (χ4v) is 2.85. The van der Waals surface area contributed by atoms with Crippen molar-refractivity contribution in [2.24, 2.45) is 4.99 Å². The maximum atomic E-state index is 14.3. The van der Waals surface area contributed by atoms with Crippen LogP contribution >= 0.6 is 0 Å². The SMILES string of the molecule is [2H]C(C)(C)c1ccc2c(c1)N=C(c1c(F)cccc1F)Nc1cn[nH]c1-2. The number of halogens is 2. The lowest BCUT2D eigenvalue weighted by atomic mass is 9.99. The molecule has 1 aliphatic heterocycles. The van der Waals surface area contributed by atoms with Gasteiger partial charge in [0.1, 0.15) is 17.5 Å². The fraction of sp³-hybridized carbons (Fsp3) is 0.158. The summed E-state index contributed by atoms with van der Waals surface area (Å²) < 4.78 is 36.8. The minimum atomic E-state index is -0.829. The maximum Gasteiger partial charge on any atom is 0.144 e. The van der Waals surface area contributed by atoms with E-state index >= 15 is 0 Å². The van der Waals surface area contributed by atoms with Crippen LogP contribution in [0.3, 0.4) is 0 Å². The Bertz CT molecular complexity index is 1010. The molecule has 0 fully saturated rings. The summed E-state index contributed by atoms with van der Waals surface area (Å²) in [4.78, 5) is 4.49. The molecule has 0 saturated carbocycles.